The van der Waals surface area contributed by atoms with Gasteiger partial charge in [-0.05, 0) is 46.5 Å². The quantitative estimate of drug-likeness (QED) is 0.273. The summed E-state index contributed by atoms with van der Waals surface area (Å²) >= 11 is 0. The molecule has 1 fully saturated rings. The molecule has 0 bridgehead atoms. The number of nitriles is 1. The molecule has 0 aromatic heterocycles. The van der Waals surface area contributed by atoms with Crippen LogP contribution >= 0.6 is 0 Å². The summed E-state index contributed by atoms with van der Waals surface area (Å²) in [6.45, 7) is 1.81. The summed E-state index contributed by atoms with van der Waals surface area (Å²) in [7, 11) is 0. The lowest BCUT2D eigenvalue weighted by molar-refractivity contribution is -0.139. The molecule has 0 radical (unpaired) electrons. The normalized spacial score (nSPS) is 13.3. The number of hydrogen-bond donors (Lipinski definition) is 2. The highest BCUT2D eigenvalue weighted by atomic mass is 16.5. The molecule has 1 saturated heterocycles. The number of amides is 2. The number of hydrogen-bond acceptors (Lipinski definition) is 6. The van der Waals surface area contributed by atoms with Crippen LogP contribution in [0, 0.1) is 11.3 Å². The predicted octanol–water partition coefficient (Wildman–Crippen LogP) is 4.81. The second-order valence-corrected chi connectivity index (χ2v) is 10.4. The third-order valence-corrected chi connectivity index (χ3v) is 7.59. The standard InChI is InChI=1S/C35H32N4O5/c36-22-25-11-13-26(14-12-25)29-15-16-31(30(21-29)35(42)43)37-32(40)23-44-24-33(41)38-17-19-39(20-18-38)34(27-7-3-1-4-8-27)28-9-5-2-6-10-28/h1-16,21,34H,17-20,23-24H2,(H,37,40)(H,42,43). The minimum Gasteiger partial charge on any atom is -0.478 e. The van der Waals surface area contributed by atoms with E-state index in [0.29, 0.717) is 37.3 Å². The van der Waals surface area contributed by atoms with Gasteiger partial charge >= 0.3 is 5.97 Å². The van der Waals surface area contributed by atoms with Crippen molar-refractivity contribution < 1.29 is 24.2 Å². The van der Waals surface area contributed by atoms with Crippen molar-refractivity contribution in [1.29, 1.82) is 5.26 Å². The fourth-order valence-electron chi connectivity index (χ4n) is 5.37. The lowest BCUT2D eigenvalue weighted by Gasteiger charge is -2.39. The molecule has 0 spiro atoms. The topological polar surface area (TPSA) is 123 Å². The van der Waals surface area contributed by atoms with Crippen molar-refractivity contribution in [2.45, 2.75) is 6.04 Å². The monoisotopic (exact) mass is 588 g/mol. The van der Waals surface area contributed by atoms with Gasteiger partial charge in [-0.25, -0.2) is 4.79 Å². The largest absolute Gasteiger partial charge is 0.478 e. The molecule has 0 unspecified atom stereocenters. The highest BCUT2D eigenvalue weighted by Gasteiger charge is 2.28. The zero-order valence-electron chi connectivity index (χ0n) is 24.1. The number of carbonyl (C=O) groups excluding carboxylic acids is 2. The molecule has 1 aliphatic heterocycles. The van der Waals surface area contributed by atoms with E-state index in [1.807, 2.05) is 42.5 Å². The highest BCUT2D eigenvalue weighted by molar-refractivity contribution is 6.02. The first kappa shape index (κ1) is 30.2. The summed E-state index contributed by atoms with van der Waals surface area (Å²) < 4.78 is 5.42. The molecule has 4 aromatic rings. The van der Waals surface area contributed by atoms with Crippen molar-refractivity contribution in [1.82, 2.24) is 9.80 Å². The van der Waals surface area contributed by atoms with Crippen molar-refractivity contribution in [3.05, 3.63) is 125 Å². The lowest BCUT2D eigenvalue weighted by Crippen LogP contribution is -2.50. The molecule has 9 nitrogen and oxygen atoms in total. The number of nitrogens with one attached hydrogen (secondary N) is 1. The van der Waals surface area contributed by atoms with Crippen LogP contribution in [-0.2, 0) is 14.3 Å². The van der Waals surface area contributed by atoms with E-state index in [1.54, 1.807) is 35.2 Å². The number of benzene rings is 4. The Morgan fingerprint density at radius 3 is 1.95 bits per heavy atom. The first-order valence-electron chi connectivity index (χ1n) is 14.3. The van der Waals surface area contributed by atoms with Gasteiger partial charge in [0.05, 0.1) is 28.9 Å². The number of carboxylic acid groups (broad SMARTS) is 1. The highest BCUT2D eigenvalue weighted by Crippen LogP contribution is 2.30. The molecule has 1 heterocycles. The fraction of sp³-hybridized carbons (Fsp3) is 0.200. The third kappa shape index (κ3) is 7.36. The maximum Gasteiger partial charge on any atom is 0.337 e. The zero-order chi connectivity index (χ0) is 30.9. The third-order valence-electron chi connectivity index (χ3n) is 7.59. The van der Waals surface area contributed by atoms with Gasteiger partial charge in [-0.1, -0.05) is 78.9 Å². The van der Waals surface area contributed by atoms with Gasteiger partial charge in [-0.3, -0.25) is 14.5 Å². The van der Waals surface area contributed by atoms with Gasteiger partial charge in [-0.2, -0.15) is 5.26 Å². The van der Waals surface area contributed by atoms with Crippen LogP contribution < -0.4 is 5.32 Å². The van der Waals surface area contributed by atoms with Gasteiger partial charge in [0, 0.05) is 26.2 Å². The van der Waals surface area contributed by atoms with Crippen molar-refractivity contribution in [2.24, 2.45) is 0 Å². The van der Waals surface area contributed by atoms with E-state index in [-0.39, 0.29) is 29.8 Å². The molecule has 1 aliphatic rings. The number of rotatable bonds is 10. The number of anilines is 1. The number of ether oxygens (including phenoxy) is 1. The minimum absolute atomic E-state index is 0.0848. The van der Waals surface area contributed by atoms with Gasteiger partial charge in [0.1, 0.15) is 13.2 Å². The summed E-state index contributed by atoms with van der Waals surface area (Å²) in [6.07, 6.45) is 0. The molecule has 0 aliphatic carbocycles. The molecule has 2 N–H and O–H groups in total. The van der Waals surface area contributed by atoms with Crippen LogP contribution in [0.5, 0.6) is 0 Å². The first-order chi connectivity index (χ1) is 21.4. The molecule has 0 saturated carbocycles. The molecular weight excluding hydrogens is 556 g/mol. The van der Waals surface area contributed by atoms with Crippen molar-refractivity contribution in [3.63, 3.8) is 0 Å². The Morgan fingerprint density at radius 2 is 1.39 bits per heavy atom. The average molecular weight is 589 g/mol. The number of nitrogens with zero attached hydrogens (tertiary/aromatic N) is 3. The molecule has 2 amide bonds. The summed E-state index contributed by atoms with van der Waals surface area (Å²) in [4.78, 5) is 41.5. The second kappa shape index (κ2) is 14.2. The van der Waals surface area contributed by atoms with E-state index < -0.39 is 18.5 Å². The van der Waals surface area contributed by atoms with Crippen LogP contribution in [0.1, 0.15) is 33.1 Å². The number of aromatic carboxylic acids is 1. The summed E-state index contributed by atoms with van der Waals surface area (Å²) in [5, 5.41) is 21.3. The predicted molar refractivity (Wildman–Crippen MR) is 166 cm³/mol. The number of carboxylic acids is 1. The summed E-state index contributed by atoms with van der Waals surface area (Å²) in [5.74, 6) is -1.97. The smallest absolute Gasteiger partial charge is 0.337 e. The fourth-order valence-corrected chi connectivity index (χ4v) is 5.37. The SMILES string of the molecule is N#Cc1ccc(-c2ccc(NC(=O)COCC(=O)N3CCN(C(c4ccccc4)c4ccccc4)CC3)c(C(=O)O)c2)cc1. The van der Waals surface area contributed by atoms with Gasteiger partial charge in [0.25, 0.3) is 0 Å². The van der Waals surface area contributed by atoms with Crippen molar-refractivity contribution in [3.8, 4) is 17.2 Å². The minimum atomic E-state index is -1.20. The second-order valence-electron chi connectivity index (χ2n) is 10.4. The van der Waals surface area contributed by atoms with Gasteiger partial charge in [0.15, 0.2) is 0 Å². The number of carbonyl (C=O) groups is 3. The zero-order valence-corrected chi connectivity index (χ0v) is 24.1. The van der Waals surface area contributed by atoms with Crippen LogP contribution in [0.15, 0.2) is 103 Å². The molecule has 4 aromatic carbocycles. The summed E-state index contributed by atoms with van der Waals surface area (Å²) in [5.41, 5.74) is 4.30. The maximum absolute atomic E-state index is 12.9. The van der Waals surface area contributed by atoms with Crippen molar-refractivity contribution >= 4 is 23.5 Å². The van der Waals surface area contributed by atoms with Gasteiger partial charge in [-0.15, -0.1) is 0 Å². The van der Waals surface area contributed by atoms with E-state index in [0.717, 1.165) is 5.56 Å². The van der Waals surface area contributed by atoms with Crippen LogP contribution in [0.2, 0.25) is 0 Å². The lowest BCUT2D eigenvalue weighted by atomic mass is 9.96. The molecule has 222 valence electrons. The van der Waals surface area contributed by atoms with Crippen LogP contribution in [0.25, 0.3) is 11.1 Å². The molecule has 9 heteroatoms. The Morgan fingerprint density at radius 1 is 0.795 bits per heavy atom. The Balaban J connectivity index is 1.12. The maximum atomic E-state index is 12.9. The van der Waals surface area contributed by atoms with E-state index in [9.17, 15) is 19.5 Å². The molecule has 5 rings (SSSR count). The van der Waals surface area contributed by atoms with E-state index in [4.69, 9.17) is 10.00 Å². The Labute approximate surface area is 255 Å². The average Bonchev–Trinajstić information content (AvgIpc) is 3.06. The molecule has 0 atom stereocenters. The molecule has 44 heavy (non-hydrogen) atoms. The Kier molecular flexibility index (Phi) is 9.77. The van der Waals surface area contributed by atoms with Crippen molar-refractivity contribution in [2.75, 3.05) is 44.7 Å². The molecular formula is C35H32N4O5. The Hall–Kier alpha value is -5.30. The Bertz CT molecular complexity index is 1610. The van der Waals surface area contributed by atoms with Crippen LogP contribution in [-0.4, -0.2) is 72.1 Å². The summed E-state index contributed by atoms with van der Waals surface area (Å²) in [6, 6.07) is 34.2. The van der Waals surface area contributed by atoms with Crippen LogP contribution in [0.4, 0.5) is 5.69 Å². The van der Waals surface area contributed by atoms with Gasteiger partial charge in [0.2, 0.25) is 11.8 Å². The van der Waals surface area contributed by atoms with E-state index >= 15 is 0 Å². The first-order valence-corrected chi connectivity index (χ1v) is 14.3. The number of piperazine rings is 1. The van der Waals surface area contributed by atoms with Gasteiger partial charge < -0.3 is 20.1 Å². The van der Waals surface area contributed by atoms with E-state index in [1.165, 1.54) is 23.3 Å². The van der Waals surface area contributed by atoms with Crippen LogP contribution in [0.3, 0.4) is 0 Å². The van der Waals surface area contributed by atoms with E-state index in [2.05, 4.69) is 34.5 Å².